The van der Waals surface area contributed by atoms with Crippen LogP contribution in [0.2, 0.25) is 0 Å². The first-order valence-electron chi connectivity index (χ1n) is 7.82. The van der Waals surface area contributed by atoms with Gasteiger partial charge in [0, 0.05) is 0 Å². The first-order valence-corrected chi connectivity index (χ1v) is 7.82. The zero-order chi connectivity index (χ0) is 16.8. The van der Waals surface area contributed by atoms with Gasteiger partial charge in [0.05, 0.1) is 0 Å². The fourth-order valence-electron chi connectivity index (χ4n) is 2.08. The van der Waals surface area contributed by atoms with Gasteiger partial charge in [0.15, 0.2) is 17.3 Å². The molecule has 4 heteroatoms. The van der Waals surface area contributed by atoms with Crippen LogP contribution >= 0.6 is 0 Å². The van der Waals surface area contributed by atoms with Crippen molar-refractivity contribution in [3.63, 3.8) is 0 Å². The Balaban J connectivity index is 1.50. The quantitative estimate of drug-likeness (QED) is 0.720. The van der Waals surface area contributed by atoms with Gasteiger partial charge in [0.1, 0.15) is 31.0 Å². The maximum Gasteiger partial charge on any atom is 0.177 e. The minimum absolute atomic E-state index is 0.298. The van der Waals surface area contributed by atoms with Gasteiger partial charge in [-0.2, -0.15) is 0 Å². The van der Waals surface area contributed by atoms with Crippen molar-refractivity contribution in [2.45, 2.75) is 13.8 Å². The number of hydrogen-bond acceptors (Lipinski definition) is 4. The lowest BCUT2D eigenvalue weighted by Gasteiger charge is -2.18. The molecule has 1 aliphatic heterocycles. The lowest BCUT2D eigenvalue weighted by Crippen LogP contribution is -2.12. The SMILES string of the molecule is CC(C)=CCOc1ccc(OCC2=COc3ccccc3O2)cc1. The summed E-state index contributed by atoms with van der Waals surface area (Å²) in [7, 11) is 0. The first kappa shape index (κ1) is 16.0. The molecule has 0 N–H and O–H groups in total. The van der Waals surface area contributed by atoms with Crippen molar-refractivity contribution in [2.24, 2.45) is 0 Å². The van der Waals surface area contributed by atoms with Crippen LogP contribution in [0.1, 0.15) is 13.8 Å². The molecule has 0 aliphatic carbocycles. The van der Waals surface area contributed by atoms with Crippen molar-refractivity contribution in [3.8, 4) is 23.0 Å². The second kappa shape index (κ2) is 7.59. The van der Waals surface area contributed by atoms with Crippen molar-refractivity contribution >= 4 is 0 Å². The summed E-state index contributed by atoms with van der Waals surface area (Å²) in [5.74, 6) is 3.58. The van der Waals surface area contributed by atoms with E-state index >= 15 is 0 Å². The second-order valence-corrected chi connectivity index (χ2v) is 5.60. The topological polar surface area (TPSA) is 36.9 Å². The van der Waals surface area contributed by atoms with Crippen LogP contribution < -0.4 is 18.9 Å². The van der Waals surface area contributed by atoms with Crippen molar-refractivity contribution < 1.29 is 18.9 Å². The van der Waals surface area contributed by atoms with E-state index in [0.29, 0.717) is 30.5 Å². The molecule has 0 aromatic heterocycles. The summed E-state index contributed by atoms with van der Waals surface area (Å²) in [6, 6.07) is 15.0. The van der Waals surface area contributed by atoms with Gasteiger partial charge in [-0.15, -0.1) is 0 Å². The van der Waals surface area contributed by atoms with E-state index in [1.807, 2.05) is 68.5 Å². The second-order valence-electron chi connectivity index (χ2n) is 5.60. The van der Waals surface area contributed by atoms with Gasteiger partial charge in [0.2, 0.25) is 0 Å². The molecular weight excluding hydrogens is 304 g/mol. The third-order valence-electron chi connectivity index (χ3n) is 3.35. The molecule has 1 aliphatic rings. The van der Waals surface area contributed by atoms with E-state index in [0.717, 1.165) is 11.5 Å². The highest BCUT2D eigenvalue weighted by molar-refractivity contribution is 5.42. The Morgan fingerprint density at radius 3 is 2.29 bits per heavy atom. The molecule has 4 nitrogen and oxygen atoms in total. The molecule has 0 atom stereocenters. The Morgan fingerprint density at radius 2 is 1.58 bits per heavy atom. The van der Waals surface area contributed by atoms with Crippen molar-refractivity contribution in [2.75, 3.05) is 13.2 Å². The van der Waals surface area contributed by atoms with Crippen molar-refractivity contribution in [1.82, 2.24) is 0 Å². The molecule has 1 heterocycles. The van der Waals surface area contributed by atoms with E-state index in [2.05, 4.69) is 0 Å². The monoisotopic (exact) mass is 324 g/mol. The summed E-state index contributed by atoms with van der Waals surface area (Å²) in [6.45, 7) is 4.96. The van der Waals surface area contributed by atoms with Crippen LogP contribution in [-0.4, -0.2) is 13.2 Å². The molecule has 0 spiro atoms. The maximum absolute atomic E-state index is 5.73. The van der Waals surface area contributed by atoms with E-state index in [9.17, 15) is 0 Å². The highest BCUT2D eigenvalue weighted by Crippen LogP contribution is 2.31. The number of para-hydroxylation sites is 2. The molecule has 24 heavy (non-hydrogen) atoms. The van der Waals surface area contributed by atoms with E-state index in [1.165, 1.54) is 5.57 Å². The van der Waals surface area contributed by atoms with E-state index in [1.54, 1.807) is 6.26 Å². The molecule has 2 aromatic carbocycles. The Bertz CT molecular complexity index is 740. The molecule has 0 amide bonds. The van der Waals surface area contributed by atoms with E-state index < -0.39 is 0 Å². The van der Waals surface area contributed by atoms with Gasteiger partial charge < -0.3 is 18.9 Å². The Kier molecular flexibility index (Phi) is 5.06. The molecule has 3 rings (SSSR count). The van der Waals surface area contributed by atoms with Crippen LogP contribution in [0.25, 0.3) is 0 Å². The number of hydrogen-bond donors (Lipinski definition) is 0. The zero-order valence-electron chi connectivity index (χ0n) is 13.8. The third-order valence-corrected chi connectivity index (χ3v) is 3.35. The summed E-state index contributed by atoms with van der Waals surface area (Å²) < 4.78 is 22.6. The molecule has 0 saturated heterocycles. The lowest BCUT2D eigenvalue weighted by molar-refractivity contribution is 0.246. The van der Waals surface area contributed by atoms with E-state index in [-0.39, 0.29) is 0 Å². The number of ether oxygens (including phenoxy) is 4. The van der Waals surface area contributed by atoms with Gasteiger partial charge in [-0.25, -0.2) is 0 Å². The first-order chi connectivity index (χ1) is 11.7. The number of rotatable bonds is 6. The molecule has 0 saturated carbocycles. The van der Waals surface area contributed by atoms with Crippen LogP contribution in [-0.2, 0) is 0 Å². The van der Waals surface area contributed by atoms with Crippen LogP contribution in [0.15, 0.2) is 72.2 Å². The molecule has 2 aromatic rings. The van der Waals surface area contributed by atoms with E-state index in [4.69, 9.17) is 18.9 Å². The third kappa shape index (κ3) is 4.32. The van der Waals surface area contributed by atoms with Gasteiger partial charge >= 0.3 is 0 Å². The molecular formula is C20H20O4. The van der Waals surface area contributed by atoms with Crippen LogP contribution in [0, 0.1) is 0 Å². The van der Waals surface area contributed by atoms with Gasteiger partial charge in [0.25, 0.3) is 0 Å². The van der Waals surface area contributed by atoms with Crippen molar-refractivity contribution in [1.29, 1.82) is 0 Å². The minimum atomic E-state index is 0.298. The average molecular weight is 324 g/mol. The number of fused-ring (bicyclic) bond motifs is 1. The fraction of sp³-hybridized carbons (Fsp3) is 0.200. The summed E-state index contributed by atoms with van der Waals surface area (Å²) in [6.07, 6.45) is 3.61. The van der Waals surface area contributed by atoms with Crippen LogP contribution in [0.4, 0.5) is 0 Å². The van der Waals surface area contributed by atoms with Gasteiger partial charge in [-0.05, 0) is 56.3 Å². The smallest absolute Gasteiger partial charge is 0.177 e. The zero-order valence-corrected chi connectivity index (χ0v) is 13.8. The largest absolute Gasteiger partial charge is 0.490 e. The van der Waals surface area contributed by atoms with Gasteiger partial charge in [-0.3, -0.25) is 0 Å². The van der Waals surface area contributed by atoms with Crippen LogP contribution in [0.3, 0.4) is 0 Å². The van der Waals surface area contributed by atoms with Crippen LogP contribution in [0.5, 0.6) is 23.0 Å². The number of allylic oxidation sites excluding steroid dienone is 1. The predicted octanol–water partition coefficient (Wildman–Crippen LogP) is 4.72. The molecule has 0 radical (unpaired) electrons. The summed E-state index contributed by atoms with van der Waals surface area (Å²) in [4.78, 5) is 0. The van der Waals surface area contributed by atoms with Gasteiger partial charge in [-0.1, -0.05) is 17.7 Å². The molecule has 0 fully saturated rings. The standard InChI is InChI=1S/C20H20O4/c1-15(2)11-12-21-16-7-9-17(10-8-16)22-13-18-14-23-19-5-3-4-6-20(19)24-18/h3-11,14H,12-13H2,1-2H3. The highest BCUT2D eigenvalue weighted by Gasteiger charge is 2.13. The lowest BCUT2D eigenvalue weighted by atomic mass is 10.3. The van der Waals surface area contributed by atoms with Crippen molar-refractivity contribution in [3.05, 3.63) is 72.2 Å². The highest BCUT2D eigenvalue weighted by atomic mass is 16.6. The molecule has 0 unspecified atom stereocenters. The summed E-state index contributed by atoms with van der Waals surface area (Å²) in [5, 5.41) is 0. The Labute approximate surface area is 141 Å². The molecule has 124 valence electrons. The summed E-state index contributed by atoms with van der Waals surface area (Å²) in [5.41, 5.74) is 1.24. The maximum atomic E-state index is 5.73. The summed E-state index contributed by atoms with van der Waals surface area (Å²) >= 11 is 0. The molecule has 0 bridgehead atoms. The fourth-order valence-corrected chi connectivity index (χ4v) is 2.08. The normalized spacial score (nSPS) is 12.2. The Morgan fingerprint density at radius 1 is 0.917 bits per heavy atom. The number of benzene rings is 2. The average Bonchev–Trinajstić information content (AvgIpc) is 2.60. The predicted molar refractivity (Wildman–Crippen MR) is 92.6 cm³/mol. The minimum Gasteiger partial charge on any atom is -0.490 e. The Hall–Kier alpha value is -2.88.